The molecule has 0 atom stereocenters. The number of carbonyl (C=O) groups excluding carboxylic acids is 1. The number of piperazine rings is 1. The summed E-state index contributed by atoms with van der Waals surface area (Å²) in [5, 5.41) is 11.3. The van der Waals surface area contributed by atoms with Gasteiger partial charge in [0.1, 0.15) is 5.69 Å². The number of H-pyrrole nitrogens is 1. The Bertz CT molecular complexity index is 1000. The summed E-state index contributed by atoms with van der Waals surface area (Å²) >= 11 is 0. The molecule has 3 heterocycles. The van der Waals surface area contributed by atoms with Gasteiger partial charge in [-0.15, -0.1) is 0 Å². The zero-order chi connectivity index (χ0) is 21.1. The second kappa shape index (κ2) is 8.79. The molecule has 8 nitrogen and oxygen atoms in total. The number of hydrogen-bond acceptors (Lipinski definition) is 6. The summed E-state index contributed by atoms with van der Waals surface area (Å²) in [6.45, 7) is 9.75. The van der Waals surface area contributed by atoms with Crippen molar-refractivity contribution in [1.82, 2.24) is 30.1 Å². The average Bonchev–Trinajstić information content (AvgIpc) is 3.38. The predicted octanol–water partition coefficient (Wildman–Crippen LogP) is 2.92. The average molecular weight is 409 g/mol. The molecule has 1 N–H and O–H groups in total. The highest BCUT2D eigenvalue weighted by Gasteiger charge is 2.25. The molecule has 30 heavy (non-hydrogen) atoms. The minimum absolute atomic E-state index is 0.0134. The van der Waals surface area contributed by atoms with Gasteiger partial charge in [0.25, 0.3) is 5.91 Å². The Morgan fingerprint density at radius 3 is 2.70 bits per heavy atom. The molecular formula is C22H28N6O2. The van der Waals surface area contributed by atoms with E-state index in [1.807, 2.05) is 42.2 Å². The zero-order valence-electron chi connectivity index (χ0n) is 17.8. The van der Waals surface area contributed by atoms with Crippen LogP contribution in [0.15, 0.2) is 34.9 Å². The van der Waals surface area contributed by atoms with Crippen molar-refractivity contribution in [2.24, 2.45) is 5.92 Å². The lowest BCUT2D eigenvalue weighted by Gasteiger charge is -2.33. The second-order valence-corrected chi connectivity index (χ2v) is 8.27. The van der Waals surface area contributed by atoms with Crippen LogP contribution in [0, 0.1) is 12.8 Å². The van der Waals surface area contributed by atoms with Crippen LogP contribution >= 0.6 is 0 Å². The number of aryl methyl sites for hydroxylation is 1. The number of nitrogens with one attached hydrogen (secondary N) is 1. The SMILES string of the molecule is Cc1ccccc1-c1noc(CN2CCN(C(=O)c3cc(CC(C)C)[nH]n3)CC2)n1. The maximum Gasteiger partial charge on any atom is 0.274 e. The summed E-state index contributed by atoms with van der Waals surface area (Å²) in [5.41, 5.74) is 3.61. The Balaban J connectivity index is 1.31. The van der Waals surface area contributed by atoms with Gasteiger partial charge in [0.05, 0.1) is 6.54 Å². The molecule has 1 aromatic carbocycles. The highest BCUT2D eigenvalue weighted by molar-refractivity contribution is 5.92. The molecule has 4 rings (SSSR count). The molecule has 2 aromatic heterocycles. The van der Waals surface area contributed by atoms with Crippen molar-refractivity contribution in [3.05, 3.63) is 53.2 Å². The Morgan fingerprint density at radius 2 is 1.97 bits per heavy atom. The van der Waals surface area contributed by atoms with Crippen LogP contribution in [0.5, 0.6) is 0 Å². The van der Waals surface area contributed by atoms with Crippen LogP contribution in [-0.4, -0.2) is 62.2 Å². The lowest BCUT2D eigenvalue weighted by atomic mass is 10.1. The lowest BCUT2D eigenvalue weighted by molar-refractivity contribution is 0.0609. The molecule has 1 saturated heterocycles. The van der Waals surface area contributed by atoms with Crippen molar-refractivity contribution in [2.45, 2.75) is 33.7 Å². The molecule has 0 spiro atoms. The summed E-state index contributed by atoms with van der Waals surface area (Å²) in [7, 11) is 0. The number of hydrogen-bond donors (Lipinski definition) is 1. The number of carbonyl (C=O) groups is 1. The Labute approximate surface area is 176 Å². The van der Waals surface area contributed by atoms with Crippen molar-refractivity contribution in [3.8, 4) is 11.4 Å². The number of aromatic nitrogens is 4. The van der Waals surface area contributed by atoms with Crippen LogP contribution in [0.1, 0.15) is 41.5 Å². The first-order valence-electron chi connectivity index (χ1n) is 10.4. The fraction of sp³-hybridized carbons (Fsp3) is 0.455. The van der Waals surface area contributed by atoms with Gasteiger partial charge in [0, 0.05) is 37.4 Å². The van der Waals surface area contributed by atoms with E-state index in [2.05, 4.69) is 39.1 Å². The third-order valence-electron chi connectivity index (χ3n) is 5.35. The maximum absolute atomic E-state index is 12.7. The highest BCUT2D eigenvalue weighted by Crippen LogP contribution is 2.20. The first-order valence-corrected chi connectivity index (χ1v) is 10.4. The minimum atomic E-state index is -0.0134. The first kappa shape index (κ1) is 20.3. The van der Waals surface area contributed by atoms with E-state index < -0.39 is 0 Å². The Kier molecular flexibility index (Phi) is 5.94. The molecule has 3 aromatic rings. The van der Waals surface area contributed by atoms with Crippen LogP contribution in [0.3, 0.4) is 0 Å². The summed E-state index contributed by atoms with van der Waals surface area (Å²) in [6, 6.07) is 9.87. The monoisotopic (exact) mass is 408 g/mol. The third kappa shape index (κ3) is 4.59. The minimum Gasteiger partial charge on any atom is -0.338 e. The van der Waals surface area contributed by atoms with Gasteiger partial charge in [-0.25, -0.2) is 0 Å². The van der Waals surface area contributed by atoms with E-state index in [1.54, 1.807) is 0 Å². The first-order chi connectivity index (χ1) is 14.5. The van der Waals surface area contributed by atoms with Crippen LogP contribution in [0.4, 0.5) is 0 Å². The Morgan fingerprint density at radius 1 is 1.20 bits per heavy atom. The van der Waals surface area contributed by atoms with Crippen LogP contribution in [-0.2, 0) is 13.0 Å². The summed E-state index contributed by atoms with van der Waals surface area (Å²) in [5.74, 6) is 1.72. The summed E-state index contributed by atoms with van der Waals surface area (Å²) in [4.78, 5) is 21.4. The van der Waals surface area contributed by atoms with E-state index in [9.17, 15) is 4.79 Å². The number of rotatable bonds is 6. The van der Waals surface area contributed by atoms with E-state index in [-0.39, 0.29) is 5.91 Å². The zero-order valence-corrected chi connectivity index (χ0v) is 17.8. The van der Waals surface area contributed by atoms with E-state index in [1.165, 1.54) is 0 Å². The number of benzene rings is 1. The van der Waals surface area contributed by atoms with Crippen molar-refractivity contribution in [1.29, 1.82) is 0 Å². The van der Waals surface area contributed by atoms with Gasteiger partial charge in [-0.3, -0.25) is 14.8 Å². The standard InChI is InChI=1S/C22H28N6O2/c1-15(2)12-17-13-19(25-24-17)22(29)28-10-8-27(9-11-28)14-20-23-21(26-30-20)18-7-5-4-6-16(18)3/h4-7,13,15H,8-12,14H2,1-3H3,(H,24,25). The van der Waals surface area contributed by atoms with Crippen LogP contribution < -0.4 is 0 Å². The molecule has 1 aliphatic heterocycles. The number of amides is 1. The van der Waals surface area contributed by atoms with Gasteiger partial charge < -0.3 is 9.42 Å². The summed E-state index contributed by atoms with van der Waals surface area (Å²) in [6.07, 6.45) is 0.892. The molecule has 0 unspecified atom stereocenters. The maximum atomic E-state index is 12.7. The van der Waals surface area contributed by atoms with E-state index in [0.717, 1.165) is 36.3 Å². The normalized spacial score (nSPS) is 15.1. The van der Waals surface area contributed by atoms with Crippen molar-refractivity contribution < 1.29 is 9.32 Å². The van der Waals surface area contributed by atoms with Gasteiger partial charge in [0.15, 0.2) is 0 Å². The van der Waals surface area contributed by atoms with E-state index in [4.69, 9.17) is 4.52 Å². The van der Waals surface area contributed by atoms with E-state index in [0.29, 0.717) is 43.0 Å². The molecule has 0 radical (unpaired) electrons. The van der Waals surface area contributed by atoms with Gasteiger partial charge >= 0.3 is 0 Å². The lowest BCUT2D eigenvalue weighted by Crippen LogP contribution is -2.48. The molecule has 1 amide bonds. The third-order valence-corrected chi connectivity index (χ3v) is 5.35. The fourth-order valence-electron chi connectivity index (χ4n) is 3.73. The van der Waals surface area contributed by atoms with Crippen molar-refractivity contribution in [2.75, 3.05) is 26.2 Å². The van der Waals surface area contributed by atoms with Gasteiger partial charge in [-0.2, -0.15) is 10.1 Å². The largest absolute Gasteiger partial charge is 0.338 e. The van der Waals surface area contributed by atoms with Crippen molar-refractivity contribution >= 4 is 5.91 Å². The van der Waals surface area contributed by atoms with Gasteiger partial charge in [-0.05, 0) is 30.9 Å². The molecule has 0 aliphatic carbocycles. The topological polar surface area (TPSA) is 91.2 Å². The Hall–Kier alpha value is -3.00. The molecule has 158 valence electrons. The van der Waals surface area contributed by atoms with E-state index >= 15 is 0 Å². The predicted molar refractivity (Wildman–Crippen MR) is 113 cm³/mol. The molecule has 1 fully saturated rings. The quantitative estimate of drug-likeness (QED) is 0.674. The molecular weight excluding hydrogens is 380 g/mol. The fourth-order valence-corrected chi connectivity index (χ4v) is 3.73. The van der Waals surface area contributed by atoms with Crippen LogP contribution in [0.25, 0.3) is 11.4 Å². The highest BCUT2D eigenvalue weighted by atomic mass is 16.5. The number of aromatic amines is 1. The molecule has 0 bridgehead atoms. The smallest absolute Gasteiger partial charge is 0.274 e. The molecule has 8 heteroatoms. The van der Waals surface area contributed by atoms with Gasteiger partial charge in [-0.1, -0.05) is 43.3 Å². The second-order valence-electron chi connectivity index (χ2n) is 8.27. The molecule has 0 saturated carbocycles. The van der Waals surface area contributed by atoms with Crippen molar-refractivity contribution in [3.63, 3.8) is 0 Å². The van der Waals surface area contributed by atoms with Gasteiger partial charge in [0.2, 0.25) is 11.7 Å². The molecule has 1 aliphatic rings. The summed E-state index contributed by atoms with van der Waals surface area (Å²) < 4.78 is 5.46. The number of nitrogens with zero attached hydrogens (tertiary/aromatic N) is 5. The van der Waals surface area contributed by atoms with Crippen LogP contribution in [0.2, 0.25) is 0 Å².